The summed E-state index contributed by atoms with van der Waals surface area (Å²) in [5.41, 5.74) is 0.971. The summed E-state index contributed by atoms with van der Waals surface area (Å²) in [6.45, 7) is 1.47. The summed E-state index contributed by atoms with van der Waals surface area (Å²) in [6, 6.07) is 7.02. The van der Waals surface area contributed by atoms with Crippen LogP contribution in [0.3, 0.4) is 0 Å². The summed E-state index contributed by atoms with van der Waals surface area (Å²) in [5.74, 6) is 0.252. The van der Waals surface area contributed by atoms with Crippen LogP contribution in [0.4, 0.5) is 0 Å². The summed E-state index contributed by atoms with van der Waals surface area (Å²) in [6.07, 6.45) is -0.396. The first-order valence-corrected chi connectivity index (χ1v) is 4.58. The highest BCUT2D eigenvalue weighted by molar-refractivity contribution is 5.26. The maximum absolute atomic E-state index is 9.23. The second kappa shape index (κ2) is 3.96. The Labute approximate surface area is 82.3 Å². The van der Waals surface area contributed by atoms with Gasteiger partial charge in [0.25, 0.3) is 0 Å². The summed E-state index contributed by atoms with van der Waals surface area (Å²) in [5, 5.41) is 20.1. The highest BCUT2D eigenvalue weighted by atomic mass is 16.7. The molecule has 0 saturated carbocycles. The molecule has 14 heavy (non-hydrogen) atoms. The molecule has 1 unspecified atom stereocenters. The number of benzene rings is 1. The average molecular weight is 195 g/mol. The van der Waals surface area contributed by atoms with Gasteiger partial charge in [-0.05, 0) is 17.7 Å². The normalized spacial score (nSPS) is 22.8. The summed E-state index contributed by atoms with van der Waals surface area (Å²) in [7, 11) is 0. The van der Waals surface area contributed by atoms with Gasteiger partial charge in [-0.2, -0.15) is 5.06 Å². The van der Waals surface area contributed by atoms with Crippen molar-refractivity contribution in [2.24, 2.45) is 0 Å². The van der Waals surface area contributed by atoms with E-state index in [1.807, 2.05) is 6.07 Å². The predicted molar refractivity (Wildman–Crippen MR) is 50.5 cm³/mol. The first-order chi connectivity index (χ1) is 6.74. The zero-order valence-electron chi connectivity index (χ0n) is 7.76. The first kappa shape index (κ1) is 9.45. The number of hydrogen-bond acceptors (Lipinski definition) is 4. The summed E-state index contributed by atoms with van der Waals surface area (Å²) < 4.78 is 0. The number of hydrogen-bond donors (Lipinski definition) is 2. The maximum Gasteiger partial charge on any atom is 0.115 e. The smallest absolute Gasteiger partial charge is 0.115 e. The molecule has 4 heteroatoms. The SMILES string of the molecule is Oc1cccc(CN2CC(O)CO2)c1. The van der Waals surface area contributed by atoms with Crippen LogP contribution in [0.25, 0.3) is 0 Å². The fourth-order valence-electron chi connectivity index (χ4n) is 1.50. The highest BCUT2D eigenvalue weighted by Gasteiger charge is 2.21. The third-order valence-electron chi connectivity index (χ3n) is 2.13. The largest absolute Gasteiger partial charge is 0.508 e. The van der Waals surface area contributed by atoms with Gasteiger partial charge in [0.2, 0.25) is 0 Å². The molecule has 1 aromatic carbocycles. The second-order valence-electron chi connectivity index (χ2n) is 3.44. The van der Waals surface area contributed by atoms with Gasteiger partial charge in [-0.1, -0.05) is 12.1 Å². The fraction of sp³-hybridized carbons (Fsp3) is 0.400. The van der Waals surface area contributed by atoms with E-state index in [0.717, 1.165) is 5.56 Å². The fourth-order valence-corrected chi connectivity index (χ4v) is 1.50. The van der Waals surface area contributed by atoms with Gasteiger partial charge in [-0.25, -0.2) is 0 Å². The Morgan fingerprint density at radius 2 is 2.36 bits per heavy atom. The van der Waals surface area contributed by atoms with Crippen LogP contribution in [0.2, 0.25) is 0 Å². The summed E-state index contributed by atoms with van der Waals surface area (Å²) >= 11 is 0. The van der Waals surface area contributed by atoms with Gasteiger partial charge in [0.15, 0.2) is 0 Å². The minimum absolute atomic E-state index is 0.252. The minimum Gasteiger partial charge on any atom is -0.508 e. The highest BCUT2D eigenvalue weighted by Crippen LogP contribution is 2.15. The molecule has 0 radical (unpaired) electrons. The molecule has 0 aromatic heterocycles. The predicted octanol–water partition coefficient (Wildman–Crippen LogP) is 0.500. The minimum atomic E-state index is -0.396. The number of hydroxylamine groups is 2. The molecule has 0 amide bonds. The number of aromatic hydroxyl groups is 1. The number of nitrogens with zero attached hydrogens (tertiary/aromatic N) is 1. The van der Waals surface area contributed by atoms with Crippen LogP contribution in [-0.2, 0) is 11.4 Å². The van der Waals surface area contributed by atoms with E-state index in [2.05, 4.69) is 0 Å². The Hall–Kier alpha value is -1.10. The van der Waals surface area contributed by atoms with E-state index in [4.69, 9.17) is 4.84 Å². The van der Waals surface area contributed by atoms with Crippen molar-refractivity contribution in [3.05, 3.63) is 29.8 Å². The third kappa shape index (κ3) is 2.23. The maximum atomic E-state index is 9.23. The molecular formula is C10H13NO3. The first-order valence-electron chi connectivity index (χ1n) is 4.58. The van der Waals surface area contributed by atoms with Gasteiger partial charge in [-0.15, -0.1) is 0 Å². The Balaban J connectivity index is 1.97. The number of aliphatic hydroxyl groups is 1. The van der Waals surface area contributed by atoms with E-state index in [0.29, 0.717) is 19.7 Å². The van der Waals surface area contributed by atoms with Gasteiger partial charge in [0.05, 0.1) is 19.3 Å². The lowest BCUT2D eigenvalue weighted by molar-refractivity contribution is -0.117. The molecule has 4 nitrogen and oxygen atoms in total. The van der Waals surface area contributed by atoms with E-state index in [-0.39, 0.29) is 5.75 Å². The van der Waals surface area contributed by atoms with Crippen molar-refractivity contribution in [3.63, 3.8) is 0 Å². The van der Waals surface area contributed by atoms with E-state index >= 15 is 0 Å². The number of aliphatic hydroxyl groups excluding tert-OH is 1. The van der Waals surface area contributed by atoms with Crippen LogP contribution in [0, 0.1) is 0 Å². The quantitative estimate of drug-likeness (QED) is 0.721. The molecule has 1 aliphatic rings. The van der Waals surface area contributed by atoms with Crippen LogP contribution >= 0.6 is 0 Å². The zero-order valence-corrected chi connectivity index (χ0v) is 7.76. The van der Waals surface area contributed by atoms with Crippen LogP contribution in [0.5, 0.6) is 5.75 Å². The number of phenols is 1. The van der Waals surface area contributed by atoms with Gasteiger partial charge in [0, 0.05) is 6.54 Å². The van der Waals surface area contributed by atoms with Crippen molar-refractivity contribution < 1.29 is 15.1 Å². The van der Waals surface area contributed by atoms with Crippen LogP contribution in [0.1, 0.15) is 5.56 Å². The van der Waals surface area contributed by atoms with E-state index in [1.54, 1.807) is 23.3 Å². The molecule has 0 spiro atoms. The Morgan fingerprint density at radius 1 is 1.50 bits per heavy atom. The molecule has 2 N–H and O–H groups in total. The molecule has 1 fully saturated rings. The van der Waals surface area contributed by atoms with E-state index in [1.165, 1.54) is 0 Å². The lowest BCUT2D eigenvalue weighted by Crippen LogP contribution is -2.20. The molecule has 0 bridgehead atoms. The zero-order chi connectivity index (χ0) is 9.97. The lowest BCUT2D eigenvalue weighted by Gasteiger charge is -2.13. The third-order valence-corrected chi connectivity index (χ3v) is 2.13. The number of phenolic OH excluding ortho intramolecular Hbond substituents is 1. The van der Waals surface area contributed by atoms with Crippen LogP contribution in [-0.4, -0.2) is 34.5 Å². The van der Waals surface area contributed by atoms with E-state index in [9.17, 15) is 10.2 Å². The van der Waals surface area contributed by atoms with Crippen molar-refractivity contribution in [2.75, 3.05) is 13.2 Å². The molecule has 1 aromatic rings. The number of β-amino-alcohol motifs (C(OH)–C–C–N with tert-alkyl or cyclic N) is 1. The van der Waals surface area contributed by atoms with Crippen molar-refractivity contribution in [3.8, 4) is 5.75 Å². The molecule has 1 heterocycles. The van der Waals surface area contributed by atoms with Gasteiger partial charge in [-0.3, -0.25) is 4.84 Å². The number of rotatable bonds is 2. The molecule has 76 valence electrons. The summed E-state index contributed by atoms with van der Waals surface area (Å²) in [4.78, 5) is 5.21. The lowest BCUT2D eigenvalue weighted by atomic mass is 10.2. The molecular weight excluding hydrogens is 182 g/mol. The molecule has 2 rings (SSSR count). The van der Waals surface area contributed by atoms with Gasteiger partial charge < -0.3 is 10.2 Å². The van der Waals surface area contributed by atoms with Crippen molar-refractivity contribution in [2.45, 2.75) is 12.6 Å². The van der Waals surface area contributed by atoms with Crippen LogP contribution < -0.4 is 0 Å². The molecule has 1 aliphatic heterocycles. The van der Waals surface area contributed by atoms with Gasteiger partial charge >= 0.3 is 0 Å². The monoisotopic (exact) mass is 195 g/mol. The Kier molecular flexibility index (Phi) is 2.67. The van der Waals surface area contributed by atoms with Crippen molar-refractivity contribution in [1.29, 1.82) is 0 Å². The van der Waals surface area contributed by atoms with Gasteiger partial charge in [0.1, 0.15) is 5.75 Å². The molecule has 1 atom stereocenters. The van der Waals surface area contributed by atoms with E-state index < -0.39 is 6.10 Å². The Morgan fingerprint density at radius 3 is 3.00 bits per heavy atom. The van der Waals surface area contributed by atoms with Crippen molar-refractivity contribution in [1.82, 2.24) is 5.06 Å². The van der Waals surface area contributed by atoms with Crippen molar-refractivity contribution >= 4 is 0 Å². The average Bonchev–Trinajstić information content (AvgIpc) is 2.51. The molecule has 0 aliphatic carbocycles. The Bertz CT molecular complexity index is 316. The second-order valence-corrected chi connectivity index (χ2v) is 3.44. The van der Waals surface area contributed by atoms with Crippen LogP contribution in [0.15, 0.2) is 24.3 Å². The topological polar surface area (TPSA) is 52.9 Å². The standard InChI is InChI=1S/C10H13NO3/c12-9-3-1-2-8(4-9)5-11-6-10(13)7-14-11/h1-4,10,12-13H,5-7H2. The molecule has 1 saturated heterocycles.